The molecule has 1 aliphatic rings. The van der Waals surface area contributed by atoms with Crippen LogP contribution >= 0.6 is 0 Å². The summed E-state index contributed by atoms with van der Waals surface area (Å²) < 4.78 is 0. The molecule has 1 N–H and O–H groups in total. The summed E-state index contributed by atoms with van der Waals surface area (Å²) in [6.45, 7) is 5.81. The van der Waals surface area contributed by atoms with E-state index in [2.05, 4.69) is 46.4 Å². The second kappa shape index (κ2) is 5.57. The van der Waals surface area contributed by atoms with Crippen LogP contribution in [0.3, 0.4) is 0 Å². The van der Waals surface area contributed by atoms with Crippen LogP contribution < -0.4 is 5.32 Å². The Kier molecular flexibility index (Phi) is 3.65. The molecule has 0 unspecified atom stereocenters. The van der Waals surface area contributed by atoms with E-state index in [0.717, 1.165) is 5.52 Å². The van der Waals surface area contributed by atoms with E-state index in [4.69, 9.17) is 0 Å². The number of fused-ring (bicyclic) bond motifs is 1. The van der Waals surface area contributed by atoms with Crippen molar-refractivity contribution in [2.75, 3.05) is 25.0 Å². The number of para-hydroxylation sites is 1. The molecule has 0 atom stereocenters. The molecular weight excluding hydrogens is 234 g/mol. The Morgan fingerprint density at radius 1 is 1.21 bits per heavy atom. The van der Waals surface area contributed by atoms with Gasteiger partial charge in [-0.1, -0.05) is 25.1 Å². The van der Waals surface area contributed by atoms with Gasteiger partial charge < -0.3 is 10.2 Å². The number of nitrogens with zero attached hydrogens (tertiary/aromatic N) is 2. The third-order valence-electron chi connectivity index (χ3n) is 4.03. The van der Waals surface area contributed by atoms with Gasteiger partial charge in [-0.05, 0) is 31.5 Å². The van der Waals surface area contributed by atoms with E-state index >= 15 is 0 Å². The first-order chi connectivity index (χ1) is 9.36. The van der Waals surface area contributed by atoms with Gasteiger partial charge in [0.15, 0.2) is 0 Å². The van der Waals surface area contributed by atoms with Gasteiger partial charge in [0.1, 0.15) is 0 Å². The third-order valence-corrected chi connectivity index (χ3v) is 4.03. The standard InChI is InChI=1S/C16H21N3/c1-2-19-11-8-14(9-12-19)18-15-7-3-5-13-6-4-10-17-16(13)15/h3-7,10,14,18H,2,8-9,11-12H2,1H3. The van der Waals surface area contributed by atoms with E-state index in [1.54, 1.807) is 0 Å². The van der Waals surface area contributed by atoms with Crippen LogP contribution in [-0.2, 0) is 0 Å². The molecule has 3 heteroatoms. The number of anilines is 1. The van der Waals surface area contributed by atoms with Crippen molar-refractivity contribution < 1.29 is 0 Å². The quantitative estimate of drug-likeness (QED) is 0.913. The Morgan fingerprint density at radius 2 is 2.00 bits per heavy atom. The van der Waals surface area contributed by atoms with E-state index in [9.17, 15) is 0 Å². The fourth-order valence-corrected chi connectivity index (χ4v) is 2.83. The number of hydrogen-bond acceptors (Lipinski definition) is 3. The van der Waals surface area contributed by atoms with Crippen molar-refractivity contribution in [1.82, 2.24) is 9.88 Å². The highest BCUT2D eigenvalue weighted by Gasteiger charge is 2.18. The first-order valence-corrected chi connectivity index (χ1v) is 7.19. The lowest BCUT2D eigenvalue weighted by Gasteiger charge is -2.32. The van der Waals surface area contributed by atoms with Crippen LogP contribution in [0.15, 0.2) is 36.5 Å². The molecule has 1 saturated heterocycles. The zero-order valence-electron chi connectivity index (χ0n) is 11.5. The minimum Gasteiger partial charge on any atom is -0.380 e. The van der Waals surface area contributed by atoms with Crippen LogP contribution in [-0.4, -0.2) is 35.6 Å². The Balaban J connectivity index is 1.75. The van der Waals surface area contributed by atoms with E-state index < -0.39 is 0 Å². The predicted octanol–water partition coefficient (Wildman–Crippen LogP) is 3.13. The van der Waals surface area contributed by atoms with Crippen LogP contribution in [0.25, 0.3) is 10.9 Å². The second-order valence-electron chi connectivity index (χ2n) is 5.23. The predicted molar refractivity (Wildman–Crippen MR) is 80.5 cm³/mol. The van der Waals surface area contributed by atoms with Gasteiger partial charge in [-0.3, -0.25) is 4.98 Å². The minimum atomic E-state index is 0.579. The number of piperidine rings is 1. The fraction of sp³-hybridized carbons (Fsp3) is 0.438. The molecule has 0 bridgehead atoms. The molecule has 1 aliphatic heterocycles. The molecule has 1 aromatic carbocycles. The third kappa shape index (κ3) is 2.71. The molecule has 3 nitrogen and oxygen atoms in total. The van der Waals surface area contributed by atoms with E-state index in [1.165, 1.54) is 43.5 Å². The molecule has 0 amide bonds. The lowest BCUT2D eigenvalue weighted by molar-refractivity contribution is 0.229. The largest absolute Gasteiger partial charge is 0.380 e. The van der Waals surface area contributed by atoms with Gasteiger partial charge in [0, 0.05) is 30.7 Å². The van der Waals surface area contributed by atoms with Crippen LogP contribution in [0.1, 0.15) is 19.8 Å². The van der Waals surface area contributed by atoms with Gasteiger partial charge in [0.2, 0.25) is 0 Å². The highest BCUT2D eigenvalue weighted by molar-refractivity contribution is 5.90. The summed E-state index contributed by atoms with van der Waals surface area (Å²) in [6, 6.07) is 11.1. The van der Waals surface area contributed by atoms with E-state index in [0.29, 0.717) is 6.04 Å². The monoisotopic (exact) mass is 255 g/mol. The topological polar surface area (TPSA) is 28.2 Å². The Hall–Kier alpha value is -1.61. The number of aromatic nitrogens is 1. The van der Waals surface area contributed by atoms with E-state index in [1.807, 2.05) is 12.3 Å². The van der Waals surface area contributed by atoms with Gasteiger partial charge in [-0.15, -0.1) is 0 Å². The lowest BCUT2D eigenvalue weighted by Crippen LogP contribution is -2.38. The highest BCUT2D eigenvalue weighted by Crippen LogP contribution is 2.23. The second-order valence-corrected chi connectivity index (χ2v) is 5.23. The molecule has 3 rings (SSSR count). The maximum absolute atomic E-state index is 4.50. The summed E-state index contributed by atoms with van der Waals surface area (Å²) >= 11 is 0. The first-order valence-electron chi connectivity index (χ1n) is 7.19. The molecule has 0 saturated carbocycles. The summed E-state index contributed by atoms with van der Waals surface area (Å²) in [6.07, 6.45) is 4.31. The molecule has 2 aromatic rings. The normalized spacial score (nSPS) is 17.7. The average Bonchev–Trinajstić information content (AvgIpc) is 2.48. The Bertz CT molecular complexity index is 539. The van der Waals surface area contributed by atoms with Gasteiger partial charge in [0.25, 0.3) is 0 Å². The van der Waals surface area contributed by atoms with Crippen LogP contribution in [0.2, 0.25) is 0 Å². The number of benzene rings is 1. The summed E-state index contributed by atoms with van der Waals surface area (Å²) in [7, 11) is 0. The summed E-state index contributed by atoms with van der Waals surface area (Å²) in [4.78, 5) is 7.02. The van der Waals surface area contributed by atoms with Gasteiger partial charge in [-0.25, -0.2) is 0 Å². The first kappa shape index (κ1) is 12.4. The van der Waals surface area contributed by atoms with Crippen molar-refractivity contribution in [2.45, 2.75) is 25.8 Å². The average molecular weight is 255 g/mol. The number of likely N-dealkylation sites (tertiary alicyclic amines) is 1. The van der Waals surface area contributed by atoms with Crippen LogP contribution in [0, 0.1) is 0 Å². The number of rotatable bonds is 3. The van der Waals surface area contributed by atoms with Crippen molar-refractivity contribution in [3.63, 3.8) is 0 Å². The molecule has 1 fully saturated rings. The van der Waals surface area contributed by atoms with Gasteiger partial charge in [-0.2, -0.15) is 0 Å². The molecule has 2 heterocycles. The zero-order valence-corrected chi connectivity index (χ0v) is 11.5. The SMILES string of the molecule is CCN1CCC(Nc2cccc3cccnc23)CC1. The van der Waals surface area contributed by atoms with Crippen molar-refractivity contribution >= 4 is 16.6 Å². The fourth-order valence-electron chi connectivity index (χ4n) is 2.83. The maximum Gasteiger partial charge on any atom is 0.0933 e. The summed E-state index contributed by atoms with van der Waals surface area (Å²) in [5, 5.41) is 4.89. The maximum atomic E-state index is 4.50. The summed E-state index contributed by atoms with van der Waals surface area (Å²) in [5.41, 5.74) is 2.26. The molecule has 0 spiro atoms. The Morgan fingerprint density at radius 3 is 2.79 bits per heavy atom. The highest BCUT2D eigenvalue weighted by atomic mass is 15.1. The number of pyridine rings is 1. The molecular formula is C16H21N3. The minimum absolute atomic E-state index is 0.579. The zero-order chi connectivity index (χ0) is 13.1. The molecule has 1 aromatic heterocycles. The van der Waals surface area contributed by atoms with Crippen molar-refractivity contribution in [3.05, 3.63) is 36.5 Å². The smallest absolute Gasteiger partial charge is 0.0933 e. The lowest BCUT2D eigenvalue weighted by atomic mass is 10.0. The van der Waals surface area contributed by atoms with Crippen molar-refractivity contribution in [2.24, 2.45) is 0 Å². The Labute approximate surface area is 114 Å². The van der Waals surface area contributed by atoms with Crippen LogP contribution in [0.5, 0.6) is 0 Å². The van der Waals surface area contributed by atoms with Gasteiger partial charge in [0.05, 0.1) is 11.2 Å². The number of nitrogens with one attached hydrogen (secondary N) is 1. The molecule has 0 radical (unpaired) electrons. The van der Waals surface area contributed by atoms with Crippen molar-refractivity contribution in [1.29, 1.82) is 0 Å². The molecule has 0 aliphatic carbocycles. The van der Waals surface area contributed by atoms with Crippen molar-refractivity contribution in [3.8, 4) is 0 Å². The molecule has 100 valence electrons. The van der Waals surface area contributed by atoms with Crippen LogP contribution in [0.4, 0.5) is 5.69 Å². The molecule has 19 heavy (non-hydrogen) atoms. The van der Waals surface area contributed by atoms with E-state index in [-0.39, 0.29) is 0 Å². The number of hydrogen-bond donors (Lipinski definition) is 1. The summed E-state index contributed by atoms with van der Waals surface area (Å²) in [5.74, 6) is 0. The van der Waals surface area contributed by atoms with Gasteiger partial charge >= 0.3 is 0 Å².